The van der Waals surface area contributed by atoms with E-state index in [9.17, 15) is 8.78 Å². The lowest BCUT2D eigenvalue weighted by atomic mass is 9.93. The van der Waals surface area contributed by atoms with Crippen molar-refractivity contribution < 1.29 is 8.78 Å². The van der Waals surface area contributed by atoms with Gasteiger partial charge < -0.3 is 10.3 Å². The maximum Gasteiger partial charge on any atom is 0.288 e. The van der Waals surface area contributed by atoms with Crippen molar-refractivity contribution in [2.75, 3.05) is 6.54 Å². The first-order valence-corrected chi connectivity index (χ1v) is 7.69. The lowest BCUT2D eigenvalue weighted by molar-refractivity contribution is 0.252. The summed E-state index contributed by atoms with van der Waals surface area (Å²) in [7, 11) is 0. The number of hydrogen-bond acceptors (Lipinski definition) is 3. The SMILES string of the molecule is CC(C)C(CN)c1cncn1-c1ccccc1SC(F)F. The topological polar surface area (TPSA) is 43.8 Å². The molecule has 0 bridgehead atoms. The summed E-state index contributed by atoms with van der Waals surface area (Å²) in [5.41, 5.74) is 7.53. The summed E-state index contributed by atoms with van der Waals surface area (Å²) in [6, 6.07) is 7.11. The van der Waals surface area contributed by atoms with Crippen LogP contribution in [-0.4, -0.2) is 21.9 Å². The molecule has 2 N–H and O–H groups in total. The summed E-state index contributed by atoms with van der Waals surface area (Å²) >= 11 is 0.547. The highest BCUT2D eigenvalue weighted by Crippen LogP contribution is 2.33. The summed E-state index contributed by atoms with van der Waals surface area (Å²) in [5, 5.41) is 0. The molecule has 6 heteroatoms. The standard InChI is InChI=1S/C15H19F2N3S/c1-10(2)11(7-18)13-8-19-9-20(13)12-5-3-4-6-14(12)21-15(16)17/h3-6,8-11,15H,7,18H2,1-2H3. The average Bonchev–Trinajstić information content (AvgIpc) is 2.88. The Bertz CT molecular complexity index is 584. The van der Waals surface area contributed by atoms with Gasteiger partial charge >= 0.3 is 0 Å². The van der Waals surface area contributed by atoms with Crippen LogP contribution in [-0.2, 0) is 0 Å². The second kappa shape index (κ2) is 7.04. The van der Waals surface area contributed by atoms with Crippen LogP contribution in [0.1, 0.15) is 25.5 Å². The maximum atomic E-state index is 12.7. The fourth-order valence-corrected chi connectivity index (χ4v) is 3.00. The summed E-state index contributed by atoms with van der Waals surface area (Å²) < 4.78 is 27.3. The van der Waals surface area contributed by atoms with E-state index in [2.05, 4.69) is 18.8 Å². The summed E-state index contributed by atoms with van der Waals surface area (Å²) in [4.78, 5) is 4.71. The number of nitrogens with two attached hydrogens (primary N) is 1. The van der Waals surface area contributed by atoms with Crippen molar-refractivity contribution >= 4 is 11.8 Å². The second-order valence-corrected chi connectivity index (χ2v) is 6.15. The van der Waals surface area contributed by atoms with E-state index in [0.29, 0.717) is 29.1 Å². The van der Waals surface area contributed by atoms with Crippen molar-refractivity contribution in [3.05, 3.63) is 42.5 Å². The molecule has 1 aromatic carbocycles. The minimum Gasteiger partial charge on any atom is -0.330 e. The molecule has 1 heterocycles. The van der Waals surface area contributed by atoms with E-state index in [4.69, 9.17) is 5.73 Å². The van der Waals surface area contributed by atoms with Crippen molar-refractivity contribution in [2.24, 2.45) is 11.7 Å². The van der Waals surface area contributed by atoms with E-state index in [0.717, 1.165) is 11.4 Å². The van der Waals surface area contributed by atoms with Crippen LogP contribution in [0.15, 0.2) is 41.7 Å². The zero-order chi connectivity index (χ0) is 15.4. The second-order valence-electron chi connectivity index (χ2n) is 5.12. The molecule has 3 nitrogen and oxygen atoms in total. The molecule has 0 spiro atoms. The van der Waals surface area contributed by atoms with Gasteiger partial charge in [-0.3, -0.25) is 0 Å². The average molecular weight is 311 g/mol. The van der Waals surface area contributed by atoms with E-state index in [-0.39, 0.29) is 5.92 Å². The quantitative estimate of drug-likeness (QED) is 0.823. The molecule has 0 saturated carbocycles. The van der Waals surface area contributed by atoms with Crippen molar-refractivity contribution in [2.45, 2.75) is 30.4 Å². The Balaban J connectivity index is 2.46. The Morgan fingerprint density at radius 3 is 2.62 bits per heavy atom. The third-order valence-electron chi connectivity index (χ3n) is 3.45. The Hall–Kier alpha value is -1.40. The molecule has 2 rings (SSSR count). The number of aromatic nitrogens is 2. The maximum absolute atomic E-state index is 12.7. The van der Waals surface area contributed by atoms with Gasteiger partial charge in [0.25, 0.3) is 5.76 Å². The number of benzene rings is 1. The number of thioether (sulfide) groups is 1. The molecule has 0 aliphatic carbocycles. The number of nitrogens with zero attached hydrogens (tertiary/aromatic N) is 2. The molecule has 0 aliphatic rings. The van der Waals surface area contributed by atoms with Crippen LogP contribution in [0, 0.1) is 5.92 Å². The van der Waals surface area contributed by atoms with Crippen LogP contribution in [0.5, 0.6) is 0 Å². The molecule has 0 amide bonds. The minimum atomic E-state index is -2.45. The molecule has 114 valence electrons. The predicted octanol–water partition coefficient (Wildman–Crippen LogP) is 3.89. The van der Waals surface area contributed by atoms with Gasteiger partial charge in [-0.1, -0.05) is 37.7 Å². The first-order chi connectivity index (χ1) is 10.0. The molecule has 0 fully saturated rings. The minimum absolute atomic E-state index is 0.136. The highest BCUT2D eigenvalue weighted by molar-refractivity contribution is 7.99. The fraction of sp³-hybridized carbons (Fsp3) is 0.400. The summed E-state index contributed by atoms with van der Waals surface area (Å²) in [6.45, 7) is 4.68. The molecule has 1 unspecified atom stereocenters. The van der Waals surface area contributed by atoms with Crippen LogP contribution in [0.4, 0.5) is 8.78 Å². The van der Waals surface area contributed by atoms with E-state index in [1.54, 1.807) is 24.7 Å². The van der Waals surface area contributed by atoms with E-state index in [1.807, 2.05) is 16.7 Å². The molecule has 1 atom stereocenters. The zero-order valence-corrected chi connectivity index (χ0v) is 12.9. The van der Waals surface area contributed by atoms with Crippen molar-refractivity contribution in [3.63, 3.8) is 0 Å². The lowest BCUT2D eigenvalue weighted by Crippen LogP contribution is -2.20. The summed E-state index contributed by atoms with van der Waals surface area (Å²) in [6.07, 6.45) is 3.42. The third kappa shape index (κ3) is 3.63. The van der Waals surface area contributed by atoms with E-state index >= 15 is 0 Å². The highest BCUT2D eigenvalue weighted by atomic mass is 32.2. The molecule has 0 saturated heterocycles. The normalized spacial score (nSPS) is 13.1. The van der Waals surface area contributed by atoms with E-state index < -0.39 is 5.76 Å². The monoisotopic (exact) mass is 311 g/mol. The molecule has 0 radical (unpaired) electrons. The van der Waals surface area contributed by atoms with Crippen LogP contribution >= 0.6 is 11.8 Å². The molecule has 21 heavy (non-hydrogen) atoms. The predicted molar refractivity (Wildman–Crippen MR) is 82.1 cm³/mol. The number of halogens is 2. The molecule has 1 aromatic heterocycles. The third-order valence-corrected chi connectivity index (χ3v) is 4.22. The van der Waals surface area contributed by atoms with Gasteiger partial charge in [0.2, 0.25) is 0 Å². The number of hydrogen-bond donors (Lipinski definition) is 1. The van der Waals surface area contributed by atoms with Crippen LogP contribution in [0.25, 0.3) is 5.69 Å². The van der Waals surface area contributed by atoms with Gasteiger partial charge in [0.1, 0.15) is 0 Å². The van der Waals surface area contributed by atoms with Gasteiger partial charge in [0.15, 0.2) is 0 Å². The van der Waals surface area contributed by atoms with Gasteiger partial charge in [-0.05, 0) is 18.1 Å². The van der Waals surface area contributed by atoms with Gasteiger partial charge in [0.05, 0.1) is 12.0 Å². The van der Waals surface area contributed by atoms with Gasteiger partial charge in [0, 0.05) is 29.2 Å². The van der Waals surface area contributed by atoms with Gasteiger partial charge in [-0.15, -0.1) is 0 Å². The number of alkyl halides is 2. The number of rotatable bonds is 6. The van der Waals surface area contributed by atoms with Crippen molar-refractivity contribution in [1.82, 2.24) is 9.55 Å². The Morgan fingerprint density at radius 2 is 2.00 bits per heavy atom. The van der Waals surface area contributed by atoms with Crippen LogP contribution in [0.3, 0.4) is 0 Å². The first kappa shape index (κ1) is 16.0. The molecule has 2 aromatic rings. The largest absolute Gasteiger partial charge is 0.330 e. The Labute approximate surface area is 127 Å². The Morgan fingerprint density at radius 1 is 1.29 bits per heavy atom. The Kier molecular flexibility index (Phi) is 5.36. The lowest BCUT2D eigenvalue weighted by Gasteiger charge is -2.21. The number of imidazole rings is 1. The van der Waals surface area contributed by atoms with Gasteiger partial charge in [-0.25, -0.2) is 4.98 Å². The highest BCUT2D eigenvalue weighted by Gasteiger charge is 2.20. The van der Waals surface area contributed by atoms with E-state index in [1.165, 1.54) is 0 Å². The molecule has 0 aliphatic heterocycles. The van der Waals surface area contributed by atoms with Crippen molar-refractivity contribution in [1.29, 1.82) is 0 Å². The fourth-order valence-electron chi connectivity index (χ4n) is 2.37. The van der Waals surface area contributed by atoms with Crippen LogP contribution < -0.4 is 5.73 Å². The zero-order valence-electron chi connectivity index (χ0n) is 12.0. The molecular weight excluding hydrogens is 292 g/mol. The smallest absolute Gasteiger partial charge is 0.288 e. The first-order valence-electron chi connectivity index (χ1n) is 6.81. The number of para-hydroxylation sites is 1. The van der Waals surface area contributed by atoms with Gasteiger partial charge in [-0.2, -0.15) is 8.78 Å². The molecular formula is C15H19F2N3S. The van der Waals surface area contributed by atoms with Crippen LogP contribution in [0.2, 0.25) is 0 Å². The summed E-state index contributed by atoms with van der Waals surface area (Å²) in [5.74, 6) is -1.97. The van der Waals surface area contributed by atoms with Crippen molar-refractivity contribution in [3.8, 4) is 5.69 Å².